The third kappa shape index (κ3) is 4.39. The van der Waals surface area contributed by atoms with Crippen molar-refractivity contribution >= 4 is 0 Å². The minimum atomic E-state index is 0.266. The molecule has 0 fully saturated rings. The van der Waals surface area contributed by atoms with Crippen molar-refractivity contribution in [3.05, 3.63) is 29.8 Å². The Balaban J connectivity index is 2.83. The molecule has 0 saturated heterocycles. The predicted molar refractivity (Wildman–Crippen MR) is 73.5 cm³/mol. The summed E-state index contributed by atoms with van der Waals surface area (Å²) in [5.41, 5.74) is 1.24. The van der Waals surface area contributed by atoms with Crippen LogP contribution in [0.15, 0.2) is 24.3 Å². The van der Waals surface area contributed by atoms with Gasteiger partial charge in [-0.2, -0.15) is 0 Å². The van der Waals surface area contributed by atoms with E-state index in [9.17, 15) is 0 Å². The second-order valence-electron chi connectivity index (χ2n) is 4.92. The highest BCUT2D eigenvalue weighted by molar-refractivity contribution is 5.35. The third-order valence-electron chi connectivity index (χ3n) is 2.87. The van der Waals surface area contributed by atoms with Gasteiger partial charge < -0.3 is 10.1 Å². The Kier molecular flexibility index (Phi) is 5.49. The summed E-state index contributed by atoms with van der Waals surface area (Å²) >= 11 is 0. The monoisotopic (exact) mass is 235 g/mol. The van der Waals surface area contributed by atoms with Crippen LogP contribution in [0.5, 0.6) is 5.75 Å². The quantitative estimate of drug-likeness (QED) is 0.807. The average molecular weight is 235 g/mol. The summed E-state index contributed by atoms with van der Waals surface area (Å²) < 4.78 is 5.96. The normalized spacial score (nSPS) is 14.7. The zero-order chi connectivity index (χ0) is 12.8. The van der Waals surface area contributed by atoms with Crippen LogP contribution in [-0.4, -0.2) is 12.1 Å². The molecule has 0 heterocycles. The maximum atomic E-state index is 5.96. The van der Waals surface area contributed by atoms with Crippen molar-refractivity contribution in [3.8, 4) is 5.75 Å². The van der Waals surface area contributed by atoms with Gasteiger partial charge in [0.25, 0.3) is 0 Å². The summed E-state index contributed by atoms with van der Waals surface area (Å²) in [6, 6.07) is 9.08. The van der Waals surface area contributed by atoms with E-state index in [1.165, 1.54) is 5.56 Å². The highest BCUT2D eigenvalue weighted by atomic mass is 16.5. The molecule has 0 aliphatic carbocycles. The first-order valence-corrected chi connectivity index (χ1v) is 6.56. The van der Waals surface area contributed by atoms with E-state index in [1.54, 1.807) is 0 Å². The Hall–Kier alpha value is -1.02. The average Bonchev–Trinajstić information content (AvgIpc) is 2.28. The van der Waals surface area contributed by atoms with Crippen LogP contribution in [0.4, 0.5) is 0 Å². The van der Waals surface area contributed by atoms with Crippen molar-refractivity contribution in [2.45, 2.75) is 59.2 Å². The van der Waals surface area contributed by atoms with Crippen molar-refractivity contribution in [1.82, 2.24) is 5.32 Å². The molecule has 1 aromatic carbocycles. The molecule has 1 aromatic rings. The molecular weight excluding hydrogens is 210 g/mol. The van der Waals surface area contributed by atoms with E-state index in [2.05, 4.69) is 58.1 Å². The van der Waals surface area contributed by atoms with E-state index < -0.39 is 0 Å². The van der Waals surface area contributed by atoms with Gasteiger partial charge in [0.1, 0.15) is 5.75 Å². The lowest BCUT2D eigenvalue weighted by Gasteiger charge is -2.22. The van der Waals surface area contributed by atoms with Crippen LogP contribution in [0, 0.1) is 0 Å². The number of ether oxygens (including phenoxy) is 1. The lowest BCUT2D eigenvalue weighted by atomic mass is 10.1. The SMILES string of the molecule is CCC(C)Oc1ccccc1C(C)NC(C)C. The first-order chi connectivity index (χ1) is 8.04. The van der Waals surface area contributed by atoms with E-state index in [1.807, 2.05) is 6.07 Å². The predicted octanol–water partition coefficient (Wildman–Crippen LogP) is 3.92. The maximum absolute atomic E-state index is 5.96. The minimum absolute atomic E-state index is 0.266. The Morgan fingerprint density at radius 3 is 2.35 bits per heavy atom. The van der Waals surface area contributed by atoms with Crippen molar-refractivity contribution in [3.63, 3.8) is 0 Å². The number of hydrogen-bond donors (Lipinski definition) is 1. The molecule has 0 bridgehead atoms. The lowest BCUT2D eigenvalue weighted by Crippen LogP contribution is -2.26. The van der Waals surface area contributed by atoms with E-state index in [4.69, 9.17) is 4.74 Å². The molecule has 0 spiro atoms. The molecule has 0 aliphatic rings. The highest BCUT2D eigenvalue weighted by Crippen LogP contribution is 2.26. The smallest absolute Gasteiger partial charge is 0.124 e. The molecule has 2 unspecified atom stereocenters. The van der Waals surface area contributed by atoms with Gasteiger partial charge in [0.2, 0.25) is 0 Å². The van der Waals surface area contributed by atoms with E-state index in [-0.39, 0.29) is 6.10 Å². The number of benzene rings is 1. The fourth-order valence-electron chi connectivity index (χ4n) is 1.84. The van der Waals surface area contributed by atoms with Gasteiger partial charge in [-0.25, -0.2) is 0 Å². The van der Waals surface area contributed by atoms with Gasteiger partial charge in [-0.05, 0) is 26.3 Å². The molecule has 17 heavy (non-hydrogen) atoms. The molecule has 96 valence electrons. The first kappa shape index (κ1) is 14.0. The number of nitrogens with one attached hydrogen (secondary N) is 1. The molecule has 1 N–H and O–H groups in total. The largest absolute Gasteiger partial charge is 0.490 e. The summed E-state index contributed by atoms with van der Waals surface area (Å²) in [4.78, 5) is 0. The van der Waals surface area contributed by atoms with Crippen molar-refractivity contribution in [2.75, 3.05) is 0 Å². The Labute approximate surface area is 105 Å². The molecule has 2 nitrogen and oxygen atoms in total. The van der Waals surface area contributed by atoms with Gasteiger partial charge in [-0.15, -0.1) is 0 Å². The van der Waals surface area contributed by atoms with Crippen LogP contribution in [0.1, 0.15) is 52.6 Å². The molecule has 0 amide bonds. The van der Waals surface area contributed by atoms with Crippen molar-refractivity contribution in [1.29, 1.82) is 0 Å². The molecule has 1 rings (SSSR count). The third-order valence-corrected chi connectivity index (χ3v) is 2.87. The summed E-state index contributed by atoms with van der Waals surface area (Å²) in [6.07, 6.45) is 1.29. The number of rotatable bonds is 6. The van der Waals surface area contributed by atoms with Crippen LogP contribution in [0.3, 0.4) is 0 Å². The van der Waals surface area contributed by atoms with Crippen LogP contribution in [0.25, 0.3) is 0 Å². The number of para-hydroxylation sites is 1. The summed E-state index contributed by atoms with van der Waals surface area (Å²) in [5, 5.41) is 3.51. The fourth-order valence-corrected chi connectivity index (χ4v) is 1.84. The van der Waals surface area contributed by atoms with E-state index in [0.29, 0.717) is 12.1 Å². The topological polar surface area (TPSA) is 21.3 Å². The molecule has 2 heteroatoms. The van der Waals surface area contributed by atoms with Gasteiger partial charge >= 0.3 is 0 Å². The minimum Gasteiger partial charge on any atom is -0.490 e. The first-order valence-electron chi connectivity index (χ1n) is 6.56. The van der Waals surface area contributed by atoms with Crippen LogP contribution < -0.4 is 10.1 Å². The van der Waals surface area contributed by atoms with Crippen molar-refractivity contribution < 1.29 is 4.74 Å². The van der Waals surface area contributed by atoms with Gasteiger partial charge in [0.05, 0.1) is 6.10 Å². The molecule has 0 aliphatic heterocycles. The van der Waals surface area contributed by atoms with Gasteiger partial charge in [0, 0.05) is 17.6 Å². The van der Waals surface area contributed by atoms with Crippen molar-refractivity contribution in [2.24, 2.45) is 0 Å². The van der Waals surface area contributed by atoms with Crippen LogP contribution >= 0.6 is 0 Å². The Morgan fingerprint density at radius 1 is 1.12 bits per heavy atom. The fraction of sp³-hybridized carbons (Fsp3) is 0.600. The van der Waals surface area contributed by atoms with E-state index >= 15 is 0 Å². The molecule has 0 radical (unpaired) electrons. The molecule has 0 aromatic heterocycles. The number of hydrogen-bond acceptors (Lipinski definition) is 2. The molecule has 2 atom stereocenters. The maximum Gasteiger partial charge on any atom is 0.124 e. The van der Waals surface area contributed by atoms with Crippen LogP contribution in [0.2, 0.25) is 0 Å². The second-order valence-corrected chi connectivity index (χ2v) is 4.92. The zero-order valence-electron chi connectivity index (χ0n) is 11.7. The van der Waals surface area contributed by atoms with Gasteiger partial charge in [-0.1, -0.05) is 39.0 Å². The summed E-state index contributed by atoms with van der Waals surface area (Å²) in [5.74, 6) is 1.00. The Morgan fingerprint density at radius 2 is 1.76 bits per heavy atom. The summed E-state index contributed by atoms with van der Waals surface area (Å²) in [6.45, 7) is 10.8. The Bertz CT molecular complexity index is 335. The zero-order valence-corrected chi connectivity index (χ0v) is 11.7. The van der Waals surface area contributed by atoms with Gasteiger partial charge in [-0.3, -0.25) is 0 Å². The molecular formula is C15H25NO. The van der Waals surface area contributed by atoms with Gasteiger partial charge in [0.15, 0.2) is 0 Å². The lowest BCUT2D eigenvalue weighted by molar-refractivity contribution is 0.213. The summed E-state index contributed by atoms with van der Waals surface area (Å²) in [7, 11) is 0. The standard InChI is InChI=1S/C15H25NO/c1-6-12(4)17-15-10-8-7-9-14(15)13(5)16-11(2)3/h7-13,16H,6H2,1-5H3. The second kappa shape index (κ2) is 6.65. The highest BCUT2D eigenvalue weighted by Gasteiger charge is 2.13. The van der Waals surface area contributed by atoms with Crippen LogP contribution in [-0.2, 0) is 0 Å². The van der Waals surface area contributed by atoms with E-state index in [0.717, 1.165) is 12.2 Å². The molecule has 0 saturated carbocycles.